The molecular weight excluding hydrogens is 283 g/mol. The van der Waals surface area contributed by atoms with Gasteiger partial charge in [0.1, 0.15) is 0 Å². The van der Waals surface area contributed by atoms with Gasteiger partial charge < -0.3 is 5.11 Å². The number of carbonyl (C=O) groups is 1. The van der Waals surface area contributed by atoms with Gasteiger partial charge in [0.15, 0.2) is 0 Å². The van der Waals surface area contributed by atoms with Crippen LogP contribution in [0.4, 0.5) is 4.39 Å². The summed E-state index contributed by atoms with van der Waals surface area (Å²) in [7, 11) is 0. The van der Waals surface area contributed by atoms with E-state index in [1.54, 1.807) is 48.5 Å². The third kappa shape index (κ3) is 2.61. The predicted octanol–water partition coefficient (Wildman–Crippen LogP) is 3.31. The first-order valence-corrected chi connectivity index (χ1v) is 6.77. The zero-order valence-electron chi connectivity index (χ0n) is 11.6. The molecule has 3 rings (SSSR count). The van der Waals surface area contributed by atoms with Crippen molar-refractivity contribution >= 4 is 5.97 Å². The lowest BCUT2D eigenvalue weighted by molar-refractivity contribution is -0.136. The third-order valence-corrected chi connectivity index (χ3v) is 3.30. The van der Waals surface area contributed by atoms with Gasteiger partial charge >= 0.3 is 5.97 Å². The summed E-state index contributed by atoms with van der Waals surface area (Å²) in [6.45, 7) is 0. The van der Waals surface area contributed by atoms with Crippen LogP contribution in [0, 0.1) is 5.95 Å². The first kappa shape index (κ1) is 14.0. The fourth-order valence-corrected chi connectivity index (χ4v) is 2.31. The van der Waals surface area contributed by atoms with Crippen LogP contribution in [0.3, 0.4) is 0 Å². The van der Waals surface area contributed by atoms with Gasteiger partial charge in [0.05, 0.1) is 17.8 Å². The predicted molar refractivity (Wildman–Crippen MR) is 80.3 cm³/mol. The summed E-state index contributed by atoms with van der Waals surface area (Å²) in [4.78, 5) is 11.0. The maximum atomic E-state index is 14.7. The van der Waals surface area contributed by atoms with Crippen LogP contribution in [0.1, 0.15) is 5.56 Å². The smallest absolute Gasteiger partial charge is 0.308 e. The van der Waals surface area contributed by atoms with E-state index in [1.165, 1.54) is 0 Å². The molecule has 110 valence electrons. The van der Waals surface area contributed by atoms with Gasteiger partial charge in [0.2, 0.25) is 5.95 Å². The number of para-hydroxylation sites is 1. The highest BCUT2D eigenvalue weighted by Gasteiger charge is 2.22. The van der Waals surface area contributed by atoms with E-state index in [0.717, 1.165) is 4.68 Å². The Balaban J connectivity index is 2.19. The highest BCUT2D eigenvalue weighted by Crippen LogP contribution is 2.27. The number of halogens is 1. The molecule has 5 heteroatoms. The van der Waals surface area contributed by atoms with E-state index in [1.807, 2.05) is 12.1 Å². The fourth-order valence-electron chi connectivity index (χ4n) is 2.31. The standard InChI is InChI=1S/C17H13FN2O2/c18-17-14(11-15(21)22)16(12-7-3-1-4-8-12)19-20(17)13-9-5-2-6-10-13/h1-10H,11H2,(H,21,22). The number of rotatable bonds is 4. The lowest BCUT2D eigenvalue weighted by Crippen LogP contribution is -2.04. The summed E-state index contributed by atoms with van der Waals surface area (Å²) < 4.78 is 15.8. The minimum absolute atomic E-state index is 0.0857. The maximum absolute atomic E-state index is 14.7. The molecule has 0 amide bonds. The molecule has 0 aliphatic rings. The van der Waals surface area contributed by atoms with Crippen LogP contribution in [-0.4, -0.2) is 20.9 Å². The number of benzene rings is 2. The molecule has 0 saturated heterocycles. The largest absolute Gasteiger partial charge is 0.481 e. The van der Waals surface area contributed by atoms with Crippen LogP contribution in [0.15, 0.2) is 60.7 Å². The van der Waals surface area contributed by atoms with E-state index >= 15 is 0 Å². The maximum Gasteiger partial charge on any atom is 0.308 e. The Morgan fingerprint density at radius 1 is 1.05 bits per heavy atom. The molecule has 0 unspecified atom stereocenters. The van der Waals surface area contributed by atoms with Crippen LogP contribution in [0.2, 0.25) is 0 Å². The molecule has 0 aliphatic heterocycles. The quantitative estimate of drug-likeness (QED) is 0.803. The number of hydrogen-bond acceptors (Lipinski definition) is 2. The fraction of sp³-hybridized carbons (Fsp3) is 0.0588. The van der Waals surface area contributed by atoms with Crippen molar-refractivity contribution in [1.29, 1.82) is 0 Å². The van der Waals surface area contributed by atoms with E-state index in [2.05, 4.69) is 5.10 Å². The number of nitrogens with zero attached hydrogens (tertiary/aromatic N) is 2. The first-order valence-electron chi connectivity index (χ1n) is 6.77. The van der Waals surface area contributed by atoms with Crippen LogP contribution in [0.25, 0.3) is 16.9 Å². The van der Waals surface area contributed by atoms with Crippen molar-refractivity contribution in [2.75, 3.05) is 0 Å². The van der Waals surface area contributed by atoms with Gasteiger partial charge in [0.25, 0.3) is 0 Å². The molecule has 0 bridgehead atoms. The Hall–Kier alpha value is -2.95. The molecule has 1 aromatic heterocycles. The molecule has 0 fully saturated rings. The molecular formula is C17H13FN2O2. The lowest BCUT2D eigenvalue weighted by atomic mass is 10.1. The number of carboxylic acids is 1. The van der Waals surface area contributed by atoms with Gasteiger partial charge in [-0.05, 0) is 12.1 Å². The van der Waals surface area contributed by atoms with E-state index in [-0.39, 0.29) is 5.56 Å². The van der Waals surface area contributed by atoms with Gasteiger partial charge in [-0.1, -0.05) is 48.5 Å². The Labute approximate surface area is 126 Å². The Bertz CT molecular complexity index is 798. The molecule has 1 N–H and O–H groups in total. The number of carboxylic acid groups (broad SMARTS) is 1. The lowest BCUT2D eigenvalue weighted by Gasteiger charge is -2.01. The second-order valence-corrected chi connectivity index (χ2v) is 4.80. The molecule has 4 nitrogen and oxygen atoms in total. The van der Waals surface area contributed by atoms with E-state index in [0.29, 0.717) is 16.9 Å². The van der Waals surface area contributed by atoms with Gasteiger partial charge in [-0.2, -0.15) is 9.49 Å². The van der Waals surface area contributed by atoms with E-state index in [4.69, 9.17) is 5.11 Å². The topological polar surface area (TPSA) is 55.1 Å². The van der Waals surface area contributed by atoms with Crippen molar-refractivity contribution in [1.82, 2.24) is 9.78 Å². The molecule has 3 aromatic rings. The molecule has 0 saturated carbocycles. The van der Waals surface area contributed by atoms with E-state index < -0.39 is 18.3 Å². The number of hydrogen-bond donors (Lipinski definition) is 1. The normalized spacial score (nSPS) is 10.6. The number of aromatic nitrogens is 2. The van der Waals surface area contributed by atoms with E-state index in [9.17, 15) is 9.18 Å². The summed E-state index contributed by atoms with van der Waals surface area (Å²) in [5.74, 6) is -1.74. The molecule has 0 spiro atoms. The van der Waals surface area contributed by atoms with Crippen molar-refractivity contribution in [3.8, 4) is 16.9 Å². The van der Waals surface area contributed by atoms with Crippen molar-refractivity contribution in [2.45, 2.75) is 6.42 Å². The van der Waals surface area contributed by atoms with Crippen molar-refractivity contribution < 1.29 is 14.3 Å². The van der Waals surface area contributed by atoms with Gasteiger partial charge in [-0.3, -0.25) is 4.79 Å². The van der Waals surface area contributed by atoms with Gasteiger partial charge in [-0.15, -0.1) is 0 Å². The first-order chi connectivity index (χ1) is 10.7. The second-order valence-electron chi connectivity index (χ2n) is 4.80. The average Bonchev–Trinajstić information content (AvgIpc) is 2.86. The monoisotopic (exact) mass is 296 g/mol. The Kier molecular flexibility index (Phi) is 3.70. The minimum atomic E-state index is -1.09. The van der Waals surface area contributed by atoms with Crippen LogP contribution in [0.5, 0.6) is 0 Å². The highest BCUT2D eigenvalue weighted by molar-refractivity contribution is 5.75. The third-order valence-electron chi connectivity index (χ3n) is 3.30. The summed E-state index contributed by atoms with van der Waals surface area (Å²) in [6.07, 6.45) is -0.414. The zero-order valence-corrected chi connectivity index (χ0v) is 11.6. The second kappa shape index (κ2) is 5.81. The molecule has 2 aromatic carbocycles. The van der Waals surface area contributed by atoms with Crippen LogP contribution >= 0.6 is 0 Å². The van der Waals surface area contributed by atoms with Crippen molar-refractivity contribution in [3.05, 3.63) is 72.2 Å². The van der Waals surface area contributed by atoms with Gasteiger partial charge in [0, 0.05) is 11.1 Å². The summed E-state index contributed by atoms with van der Waals surface area (Å²) in [6, 6.07) is 17.8. The summed E-state index contributed by atoms with van der Waals surface area (Å²) in [5.41, 5.74) is 1.67. The minimum Gasteiger partial charge on any atom is -0.481 e. The Morgan fingerprint density at radius 2 is 1.64 bits per heavy atom. The van der Waals surface area contributed by atoms with Crippen LogP contribution < -0.4 is 0 Å². The zero-order chi connectivity index (χ0) is 15.5. The SMILES string of the molecule is O=C(O)Cc1c(-c2ccccc2)nn(-c2ccccc2)c1F. The summed E-state index contributed by atoms with van der Waals surface area (Å²) in [5, 5.41) is 13.3. The molecule has 0 radical (unpaired) electrons. The van der Waals surface area contributed by atoms with Gasteiger partial charge in [-0.25, -0.2) is 4.68 Å². The Morgan fingerprint density at radius 3 is 2.23 bits per heavy atom. The average molecular weight is 296 g/mol. The molecule has 22 heavy (non-hydrogen) atoms. The molecule has 0 atom stereocenters. The van der Waals surface area contributed by atoms with Crippen molar-refractivity contribution in [2.24, 2.45) is 0 Å². The number of aliphatic carboxylic acids is 1. The van der Waals surface area contributed by atoms with Crippen LogP contribution in [-0.2, 0) is 11.2 Å². The molecule has 0 aliphatic carbocycles. The van der Waals surface area contributed by atoms with Crippen molar-refractivity contribution in [3.63, 3.8) is 0 Å². The molecule has 1 heterocycles. The highest BCUT2D eigenvalue weighted by atomic mass is 19.1. The summed E-state index contributed by atoms with van der Waals surface area (Å²) >= 11 is 0.